The van der Waals surface area contributed by atoms with E-state index in [-0.39, 0.29) is 30.2 Å². The topological polar surface area (TPSA) is 98.8 Å². The number of hydrogen-bond donors (Lipinski definition) is 0. The van der Waals surface area contributed by atoms with Gasteiger partial charge in [-0.1, -0.05) is 20.8 Å². The monoisotopic (exact) mass is 497 g/mol. The first-order chi connectivity index (χ1) is 16.5. The predicted molar refractivity (Wildman–Crippen MR) is 133 cm³/mol. The highest BCUT2D eigenvalue weighted by molar-refractivity contribution is 7.92. The molecule has 2 unspecified atom stereocenters. The first-order valence-corrected chi connectivity index (χ1v) is 13.7. The maximum absolute atomic E-state index is 13.0. The van der Waals surface area contributed by atoms with Gasteiger partial charge in [0, 0.05) is 12.1 Å². The molecule has 0 amide bonds. The lowest BCUT2D eigenvalue weighted by Gasteiger charge is -2.37. The third kappa shape index (κ3) is 4.82. The van der Waals surface area contributed by atoms with Crippen molar-refractivity contribution in [2.24, 2.45) is 17.8 Å². The molecule has 1 aliphatic carbocycles. The average Bonchev–Trinajstić information content (AvgIpc) is 3.34. The number of esters is 1. The SMILES string of the molecule is [C-]#[N+]C1=C(C(=O)OC2C(C)CC(C)CC2C)Cn2nc(-c3ccc(N(CC)S(C)(=O)=O)cc3)nc21. The summed E-state index contributed by atoms with van der Waals surface area (Å²) < 4.78 is 32.7. The number of rotatable bonds is 6. The fourth-order valence-electron chi connectivity index (χ4n) is 5.40. The van der Waals surface area contributed by atoms with Crippen LogP contribution >= 0.6 is 0 Å². The predicted octanol–water partition coefficient (Wildman–Crippen LogP) is 3.99. The second-order valence-electron chi connectivity index (χ2n) is 9.73. The van der Waals surface area contributed by atoms with E-state index in [1.807, 2.05) is 0 Å². The average molecular weight is 498 g/mol. The molecule has 9 nitrogen and oxygen atoms in total. The van der Waals surface area contributed by atoms with Gasteiger partial charge in [-0.15, -0.1) is 0 Å². The Morgan fingerprint density at radius 2 is 1.83 bits per heavy atom. The van der Waals surface area contributed by atoms with Gasteiger partial charge in [0.15, 0.2) is 11.6 Å². The minimum atomic E-state index is -3.37. The van der Waals surface area contributed by atoms with E-state index in [9.17, 15) is 13.2 Å². The molecule has 2 heterocycles. The molecule has 1 saturated carbocycles. The molecule has 2 aromatic rings. The summed E-state index contributed by atoms with van der Waals surface area (Å²) in [7, 11) is -3.37. The van der Waals surface area contributed by atoms with Crippen LogP contribution in [0.2, 0.25) is 0 Å². The Bertz CT molecular complexity index is 1290. The summed E-state index contributed by atoms with van der Waals surface area (Å²) in [5, 5.41) is 4.50. The van der Waals surface area contributed by atoms with Crippen molar-refractivity contribution in [3.63, 3.8) is 0 Å². The summed E-state index contributed by atoms with van der Waals surface area (Å²) >= 11 is 0. The van der Waals surface area contributed by atoms with E-state index in [1.165, 1.54) is 10.6 Å². The number of sulfonamides is 1. The van der Waals surface area contributed by atoms with Crippen molar-refractivity contribution < 1.29 is 17.9 Å². The molecular formula is C25H31N5O4S. The Labute approximate surface area is 206 Å². The van der Waals surface area contributed by atoms with Gasteiger partial charge in [-0.2, -0.15) is 5.10 Å². The van der Waals surface area contributed by atoms with E-state index in [0.717, 1.165) is 12.8 Å². The maximum Gasteiger partial charge on any atom is 0.325 e. The summed E-state index contributed by atoms with van der Waals surface area (Å²) in [6.07, 6.45) is 3.04. The second kappa shape index (κ2) is 9.46. The molecule has 0 radical (unpaired) electrons. The lowest BCUT2D eigenvalue weighted by Crippen LogP contribution is -2.37. The Balaban J connectivity index is 1.55. The van der Waals surface area contributed by atoms with Crippen LogP contribution in [-0.4, -0.2) is 48.1 Å². The lowest BCUT2D eigenvalue weighted by molar-refractivity contribution is -0.153. The summed E-state index contributed by atoms with van der Waals surface area (Å²) in [5.74, 6) is 1.44. The van der Waals surface area contributed by atoms with Gasteiger partial charge in [0.25, 0.3) is 0 Å². The minimum absolute atomic E-state index is 0.139. The highest BCUT2D eigenvalue weighted by Gasteiger charge is 2.37. The standard InChI is InChI=1S/C25H31N5O4S/c1-7-30(35(6,32)33)19-10-8-18(9-11-19)23-27-24-21(26-5)20(14-29(24)28-23)25(31)34-22-16(3)12-15(2)13-17(22)4/h8-11,15-17,22H,7,12-14H2,1-4,6H3. The molecule has 0 spiro atoms. The van der Waals surface area contributed by atoms with E-state index in [1.54, 1.807) is 35.9 Å². The van der Waals surface area contributed by atoms with Crippen molar-refractivity contribution in [1.82, 2.24) is 14.8 Å². The molecular weight excluding hydrogens is 466 g/mol. The van der Waals surface area contributed by atoms with E-state index < -0.39 is 16.0 Å². The summed E-state index contributed by atoms with van der Waals surface area (Å²) in [6, 6.07) is 6.90. The number of carbonyl (C=O) groups is 1. The van der Waals surface area contributed by atoms with E-state index in [2.05, 4.69) is 35.7 Å². The fraction of sp³-hybridized carbons (Fsp3) is 0.520. The van der Waals surface area contributed by atoms with Crippen LogP contribution in [0, 0.1) is 24.3 Å². The van der Waals surface area contributed by atoms with Crippen molar-refractivity contribution in [1.29, 1.82) is 0 Å². The number of benzene rings is 1. The number of aromatic nitrogens is 3. The summed E-state index contributed by atoms with van der Waals surface area (Å²) in [6.45, 7) is 16.4. The zero-order valence-corrected chi connectivity index (χ0v) is 21.5. The number of fused-ring (bicyclic) bond motifs is 1. The molecule has 0 saturated heterocycles. The Morgan fingerprint density at radius 1 is 1.20 bits per heavy atom. The third-order valence-corrected chi connectivity index (χ3v) is 8.12. The quantitative estimate of drug-likeness (QED) is 0.442. The number of hydrogen-bond acceptors (Lipinski definition) is 6. The molecule has 2 aliphatic rings. The number of anilines is 1. The van der Waals surface area contributed by atoms with Gasteiger partial charge < -0.3 is 4.74 Å². The zero-order valence-electron chi connectivity index (χ0n) is 20.7. The van der Waals surface area contributed by atoms with Crippen LogP contribution in [-0.2, 0) is 26.1 Å². The van der Waals surface area contributed by atoms with Gasteiger partial charge in [0.05, 0.1) is 30.6 Å². The molecule has 0 bridgehead atoms. The normalized spacial score (nSPS) is 24.1. The van der Waals surface area contributed by atoms with Crippen LogP contribution in [0.15, 0.2) is 29.8 Å². The molecule has 1 fully saturated rings. The van der Waals surface area contributed by atoms with Gasteiger partial charge in [0.1, 0.15) is 6.10 Å². The highest BCUT2D eigenvalue weighted by Crippen LogP contribution is 2.37. The van der Waals surface area contributed by atoms with Crippen molar-refractivity contribution in [2.45, 2.75) is 53.2 Å². The molecule has 1 aromatic carbocycles. The molecule has 35 heavy (non-hydrogen) atoms. The van der Waals surface area contributed by atoms with Crippen LogP contribution in [0.4, 0.5) is 5.69 Å². The first-order valence-electron chi connectivity index (χ1n) is 11.9. The number of nitrogens with zero attached hydrogens (tertiary/aromatic N) is 5. The maximum atomic E-state index is 13.0. The van der Waals surface area contributed by atoms with Crippen molar-refractivity contribution in [3.8, 4) is 11.4 Å². The molecule has 186 valence electrons. The number of carbonyl (C=O) groups excluding carboxylic acids is 1. The van der Waals surface area contributed by atoms with Crippen LogP contribution < -0.4 is 4.31 Å². The molecule has 1 aliphatic heterocycles. The molecule has 0 N–H and O–H groups in total. The minimum Gasteiger partial charge on any atom is -0.459 e. The van der Waals surface area contributed by atoms with Crippen molar-refractivity contribution in [3.05, 3.63) is 47.1 Å². The molecule has 4 rings (SSSR count). The Morgan fingerprint density at radius 3 is 2.37 bits per heavy atom. The zero-order chi connectivity index (χ0) is 25.5. The van der Waals surface area contributed by atoms with Gasteiger partial charge >= 0.3 is 5.97 Å². The van der Waals surface area contributed by atoms with Crippen molar-refractivity contribution in [2.75, 3.05) is 17.1 Å². The van der Waals surface area contributed by atoms with E-state index in [4.69, 9.17) is 11.3 Å². The van der Waals surface area contributed by atoms with Crippen molar-refractivity contribution >= 4 is 27.4 Å². The largest absolute Gasteiger partial charge is 0.459 e. The van der Waals surface area contributed by atoms with Gasteiger partial charge in [0.2, 0.25) is 15.7 Å². The first kappa shape index (κ1) is 24.9. The van der Waals surface area contributed by atoms with E-state index >= 15 is 0 Å². The van der Waals surface area contributed by atoms with Gasteiger partial charge in [-0.05, 0) is 61.8 Å². The molecule has 10 heteroatoms. The molecule has 2 atom stereocenters. The lowest BCUT2D eigenvalue weighted by atomic mass is 9.75. The summed E-state index contributed by atoms with van der Waals surface area (Å²) in [5.41, 5.74) is 1.70. The van der Waals surface area contributed by atoms with Crippen LogP contribution in [0.25, 0.3) is 21.9 Å². The van der Waals surface area contributed by atoms with Crippen LogP contribution in [0.5, 0.6) is 0 Å². The van der Waals surface area contributed by atoms with Crippen LogP contribution in [0.1, 0.15) is 46.4 Å². The third-order valence-electron chi connectivity index (χ3n) is 6.85. The summed E-state index contributed by atoms with van der Waals surface area (Å²) in [4.78, 5) is 21.1. The Hall–Kier alpha value is -3.19. The van der Waals surface area contributed by atoms with Gasteiger partial charge in [-0.3, -0.25) is 8.99 Å². The van der Waals surface area contributed by atoms with E-state index in [0.29, 0.717) is 40.9 Å². The Kier molecular flexibility index (Phi) is 6.73. The van der Waals surface area contributed by atoms with Crippen LogP contribution in [0.3, 0.4) is 0 Å². The fourth-order valence-corrected chi connectivity index (χ4v) is 6.37. The molecule has 1 aromatic heterocycles. The second-order valence-corrected chi connectivity index (χ2v) is 11.6. The smallest absolute Gasteiger partial charge is 0.325 e. The number of ether oxygens (including phenoxy) is 1. The van der Waals surface area contributed by atoms with Gasteiger partial charge in [-0.25, -0.2) is 23.0 Å². The highest BCUT2D eigenvalue weighted by atomic mass is 32.2.